The highest BCUT2D eigenvalue weighted by Gasteiger charge is 2.14. The fourth-order valence-corrected chi connectivity index (χ4v) is 1.69. The van der Waals surface area contributed by atoms with Crippen molar-refractivity contribution < 1.29 is 0 Å². The summed E-state index contributed by atoms with van der Waals surface area (Å²) in [6.07, 6.45) is 4.68. The number of nitrogens with zero attached hydrogens (tertiary/aromatic N) is 3. The molecule has 1 atom stereocenters. The molecule has 0 saturated carbocycles. The number of hydrogen-bond acceptors (Lipinski definition) is 3. The first-order valence-corrected chi connectivity index (χ1v) is 6.10. The zero-order valence-electron chi connectivity index (χ0n) is 10.9. The van der Waals surface area contributed by atoms with Crippen LogP contribution in [0.2, 0.25) is 0 Å². The predicted octanol–water partition coefficient (Wildman–Crippen LogP) is 2.35. The van der Waals surface area contributed by atoms with Gasteiger partial charge in [-0.15, -0.1) is 0 Å². The van der Waals surface area contributed by atoms with Crippen LogP contribution in [0.1, 0.15) is 19.4 Å². The van der Waals surface area contributed by atoms with E-state index in [9.17, 15) is 0 Å². The Bertz CT molecular complexity index is 353. The van der Waals surface area contributed by atoms with Crippen molar-refractivity contribution in [3.63, 3.8) is 0 Å². The maximum atomic E-state index is 9.04. The van der Waals surface area contributed by atoms with E-state index in [1.165, 1.54) is 5.56 Å². The Morgan fingerprint density at radius 2 is 2.24 bits per heavy atom. The molecule has 1 unspecified atom stereocenters. The van der Waals surface area contributed by atoms with Gasteiger partial charge in [0.15, 0.2) is 0 Å². The van der Waals surface area contributed by atoms with Crippen molar-refractivity contribution in [2.75, 3.05) is 20.1 Å². The molecule has 1 heterocycles. The van der Waals surface area contributed by atoms with Crippen LogP contribution in [-0.4, -0.2) is 30.0 Å². The summed E-state index contributed by atoms with van der Waals surface area (Å²) in [6, 6.07) is 6.42. The standard InChI is InChI=1S/C14H21N3/c1-12(2)14(9-15)11-17(3)8-6-13-5-4-7-16-10-13/h4-5,7,10,12,14H,6,8,11H2,1-3H3. The van der Waals surface area contributed by atoms with Gasteiger partial charge in [-0.3, -0.25) is 4.98 Å². The highest BCUT2D eigenvalue weighted by molar-refractivity contribution is 5.08. The van der Waals surface area contributed by atoms with Crippen LogP contribution < -0.4 is 0 Å². The van der Waals surface area contributed by atoms with E-state index in [1.54, 1.807) is 6.20 Å². The Balaban J connectivity index is 2.35. The molecule has 1 aromatic heterocycles. The summed E-state index contributed by atoms with van der Waals surface area (Å²) in [6.45, 7) is 6.01. The van der Waals surface area contributed by atoms with E-state index in [0.717, 1.165) is 19.5 Å². The van der Waals surface area contributed by atoms with Crippen LogP contribution >= 0.6 is 0 Å². The monoisotopic (exact) mass is 231 g/mol. The van der Waals surface area contributed by atoms with E-state index in [4.69, 9.17) is 5.26 Å². The number of pyridine rings is 1. The molecule has 3 nitrogen and oxygen atoms in total. The van der Waals surface area contributed by atoms with Gasteiger partial charge < -0.3 is 4.90 Å². The summed E-state index contributed by atoms with van der Waals surface area (Å²) in [5.74, 6) is 0.537. The Labute approximate surface area is 104 Å². The molecule has 1 aromatic rings. The third-order valence-corrected chi connectivity index (χ3v) is 2.98. The molecule has 17 heavy (non-hydrogen) atoms. The van der Waals surface area contributed by atoms with Gasteiger partial charge in [-0.2, -0.15) is 5.26 Å². The van der Waals surface area contributed by atoms with Crippen molar-refractivity contribution >= 4 is 0 Å². The Kier molecular flexibility index (Phi) is 5.65. The van der Waals surface area contributed by atoms with E-state index in [0.29, 0.717) is 5.92 Å². The maximum absolute atomic E-state index is 9.04. The van der Waals surface area contributed by atoms with E-state index < -0.39 is 0 Å². The lowest BCUT2D eigenvalue weighted by atomic mass is 9.97. The zero-order valence-corrected chi connectivity index (χ0v) is 10.9. The molecule has 0 amide bonds. The summed E-state index contributed by atoms with van der Waals surface area (Å²) >= 11 is 0. The van der Waals surface area contributed by atoms with E-state index in [2.05, 4.69) is 42.9 Å². The molecule has 92 valence electrons. The number of aromatic nitrogens is 1. The number of nitriles is 1. The first kappa shape index (κ1) is 13.7. The highest BCUT2D eigenvalue weighted by Crippen LogP contribution is 2.11. The fourth-order valence-electron chi connectivity index (χ4n) is 1.69. The molecule has 1 rings (SSSR count). The average Bonchev–Trinajstić information content (AvgIpc) is 2.34. The van der Waals surface area contributed by atoms with Crippen LogP contribution in [-0.2, 0) is 6.42 Å². The Hall–Kier alpha value is -1.40. The lowest BCUT2D eigenvalue weighted by Gasteiger charge is -2.21. The summed E-state index contributed by atoms with van der Waals surface area (Å²) in [5.41, 5.74) is 1.25. The van der Waals surface area contributed by atoms with Crippen LogP contribution in [0, 0.1) is 23.2 Å². The molecule has 0 aliphatic carbocycles. The minimum Gasteiger partial charge on any atom is -0.305 e. The molecular weight excluding hydrogens is 210 g/mol. The second-order valence-corrected chi connectivity index (χ2v) is 4.85. The van der Waals surface area contributed by atoms with Gasteiger partial charge in [-0.1, -0.05) is 19.9 Å². The molecule has 0 saturated heterocycles. The third-order valence-electron chi connectivity index (χ3n) is 2.98. The molecule has 0 bridgehead atoms. The molecule has 0 aliphatic heterocycles. The number of rotatable bonds is 6. The number of hydrogen-bond donors (Lipinski definition) is 0. The Morgan fingerprint density at radius 3 is 2.76 bits per heavy atom. The van der Waals surface area contributed by atoms with Crippen molar-refractivity contribution in [1.82, 2.24) is 9.88 Å². The SMILES string of the molecule is CC(C)C(C#N)CN(C)CCc1cccnc1. The molecular formula is C14H21N3. The zero-order chi connectivity index (χ0) is 12.7. The second-order valence-electron chi connectivity index (χ2n) is 4.85. The van der Waals surface area contributed by atoms with Gasteiger partial charge >= 0.3 is 0 Å². The van der Waals surface area contributed by atoms with Crippen molar-refractivity contribution in [2.45, 2.75) is 20.3 Å². The molecule has 0 aromatic carbocycles. The van der Waals surface area contributed by atoms with Crippen LogP contribution in [0.3, 0.4) is 0 Å². The summed E-state index contributed by atoms with van der Waals surface area (Å²) in [7, 11) is 2.07. The smallest absolute Gasteiger partial charge is 0.0671 e. The maximum Gasteiger partial charge on any atom is 0.0671 e. The molecule has 3 heteroatoms. The van der Waals surface area contributed by atoms with Gasteiger partial charge in [0.1, 0.15) is 0 Å². The summed E-state index contributed by atoms with van der Waals surface area (Å²) < 4.78 is 0. The largest absolute Gasteiger partial charge is 0.305 e. The quantitative estimate of drug-likeness (QED) is 0.754. The van der Waals surface area contributed by atoms with E-state index >= 15 is 0 Å². The molecule has 0 fully saturated rings. The fraction of sp³-hybridized carbons (Fsp3) is 0.571. The average molecular weight is 231 g/mol. The van der Waals surface area contributed by atoms with Crippen LogP contribution in [0.15, 0.2) is 24.5 Å². The molecule has 0 aliphatic rings. The normalized spacial score (nSPS) is 12.7. The summed E-state index contributed by atoms with van der Waals surface area (Å²) in [5, 5.41) is 9.04. The van der Waals surface area contributed by atoms with Gasteiger partial charge in [-0.25, -0.2) is 0 Å². The predicted molar refractivity (Wildman–Crippen MR) is 69.4 cm³/mol. The van der Waals surface area contributed by atoms with E-state index in [1.807, 2.05) is 12.3 Å². The van der Waals surface area contributed by atoms with Crippen molar-refractivity contribution in [3.8, 4) is 6.07 Å². The van der Waals surface area contributed by atoms with Crippen molar-refractivity contribution in [2.24, 2.45) is 11.8 Å². The Morgan fingerprint density at radius 1 is 1.47 bits per heavy atom. The van der Waals surface area contributed by atoms with Crippen molar-refractivity contribution in [3.05, 3.63) is 30.1 Å². The van der Waals surface area contributed by atoms with Crippen molar-refractivity contribution in [1.29, 1.82) is 5.26 Å². The van der Waals surface area contributed by atoms with Gasteiger partial charge in [0, 0.05) is 25.5 Å². The van der Waals surface area contributed by atoms with Crippen LogP contribution in [0.4, 0.5) is 0 Å². The topological polar surface area (TPSA) is 39.9 Å². The van der Waals surface area contributed by atoms with Gasteiger partial charge in [0.2, 0.25) is 0 Å². The van der Waals surface area contributed by atoms with Gasteiger partial charge in [0.25, 0.3) is 0 Å². The first-order chi connectivity index (χ1) is 8.13. The molecule has 0 radical (unpaired) electrons. The van der Waals surface area contributed by atoms with Crippen LogP contribution in [0.5, 0.6) is 0 Å². The summed E-state index contributed by atoms with van der Waals surface area (Å²) in [4.78, 5) is 6.32. The van der Waals surface area contributed by atoms with Gasteiger partial charge in [0.05, 0.1) is 12.0 Å². The molecule has 0 spiro atoms. The minimum atomic E-state index is 0.119. The molecule has 0 N–H and O–H groups in total. The van der Waals surface area contributed by atoms with Gasteiger partial charge in [-0.05, 0) is 31.0 Å². The lowest BCUT2D eigenvalue weighted by Crippen LogP contribution is -2.29. The first-order valence-electron chi connectivity index (χ1n) is 6.10. The van der Waals surface area contributed by atoms with E-state index in [-0.39, 0.29) is 5.92 Å². The number of likely N-dealkylation sites (N-methyl/N-ethyl adjacent to an activating group) is 1. The third kappa shape index (κ3) is 4.97. The minimum absolute atomic E-state index is 0.119. The lowest BCUT2D eigenvalue weighted by molar-refractivity contribution is 0.275. The second kappa shape index (κ2) is 7.03. The van der Waals surface area contributed by atoms with Crippen LogP contribution in [0.25, 0.3) is 0 Å². The highest BCUT2D eigenvalue weighted by atomic mass is 15.1.